The Morgan fingerprint density at radius 3 is 2.69 bits per heavy atom. The van der Waals surface area contributed by atoms with Gasteiger partial charge in [0.1, 0.15) is 5.82 Å². The van der Waals surface area contributed by atoms with Gasteiger partial charge in [-0.15, -0.1) is 0 Å². The summed E-state index contributed by atoms with van der Waals surface area (Å²) in [5.41, 5.74) is 10.7. The molecule has 0 aliphatic heterocycles. The Kier molecular flexibility index (Phi) is 5.64. The van der Waals surface area contributed by atoms with Gasteiger partial charge in [-0.25, -0.2) is 9.78 Å². The van der Waals surface area contributed by atoms with Crippen LogP contribution in [0.5, 0.6) is 0 Å². The molecule has 3 aromatic carbocycles. The Morgan fingerprint density at radius 1 is 1.03 bits per heavy atom. The van der Waals surface area contributed by atoms with Crippen molar-refractivity contribution in [2.45, 2.75) is 46.1 Å². The Balaban J connectivity index is 1.45. The predicted molar refractivity (Wildman–Crippen MR) is 142 cm³/mol. The van der Waals surface area contributed by atoms with Gasteiger partial charge in [0.25, 0.3) is 0 Å². The van der Waals surface area contributed by atoms with Crippen LogP contribution >= 0.6 is 0 Å². The fraction of sp³-hybridized carbons (Fsp3) is 0.233. The van der Waals surface area contributed by atoms with Crippen LogP contribution in [-0.2, 0) is 25.8 Å². The largest absolute Gasteiger partial charge is 0.439 e. The lowest BCUT2D eigenvalue weighted by Crippen LogP contribution is -2.06. The maximum absolute atomic E-state index is 11.6. The highest BCUT2D eigenvalue weighted by molar-refractivity contribution is 5.93. The smallest absolute Gasteiger partial charge is 0.323 e. The third-order valence-electron chi connectivity index (χ3n) is 7.04. The number of para-hydroxylation sites is 1. The zero-order valence-corrected chi connectivity index (χ0v) is 20.5. The first-order valence-corrected chi connectivity index (χ1v) is 12.5. The van der Waals surface area contributed by atoms with E-state index in [1.165, 1.54) is 27.8 Å². The van der Waals surface area contributed by atoms with Crippen LogP contribution in [0.2, 0.25) is 0 Å². The van der Waals surface area contributed by atoms with Crippen LogP contribution in [-0.4, -0.2) is 19.7 Å². The predicted octanol–water partition coefficient (Wildman–Crippen LogP) is 5.71. The molecular weight excluding hydrogens is 448 g/mol. The highest BCUT2D eigenvalue weighted by Gasteiger charge is 2.20. The quantitative estimate of drug-likeness (QED) is 0.353. The number of benzene rings is 3. The second-order valence-electron chi connectivity index (χ2n) is 9.49. The van der Waals surface area contributed by atoms with Gasteiger partial charge in [0.2, 0.25) is 0 Å². The number of nitrogens with zero attached hydrogens (tertiary/aromatic N) is 3. The second-order valence-corrected chi connectivity index (χ2v) is 9.49. The van der Waals surface area contributed by atoms with E-state index in [0.29, 0.717) is 5.82 Å². The number of hydrogen-bond donors (Lipinski definition) is 1. The fourth-order valence-electron chi connectivity index (χ4n) is 5.33. The molecule has 2 heterocycles. The molecule has 1 aliphatic rings. The van der Waals surface area contributed by atoms with Crippen molar-refractivity contribution in [1.29, 1.82) is 0 Å². The van der Waals surface area contributed by atoms with Crippen molar-refractivity contribution in [2.75, 3.05) is 0 Å². The maximum atomic E-state index is 11.6. The van der Waals surface area contributed by atoms with Gasteiger partial charge >= 0.3 is 5.76 Å². The van der Waals surface area contributed by atoms with E-state index in [4.69, 9.17) is 9.51 Å². The summed E-state index contributed by atoms with van der Waals surface area (Å²) in [5.74, 6) is 1.01. The van der Waals surface area contributed by atoms with Crippen molar-refractivity contribution in [3.8, 4) is 0 Å². The summed E-state index contributed by atoms with van der Waals surface area (Å²) in [6, 6.07) is 21.6. The normalized spacial score (nSPS) is 14.1. The lowest BCUT2D eigenvalue weighted by atomic mass is 9.92. The third kappa shape index (κ3) is 3.98. The van der Waals surface area contributed by atoms with Crippen molar-refractivity contribution in [3.63, 3.8) is 0 Å². The van der Waals surface area contributed by atoms with Gasteiger partial charge in [0, 0.05) is 13.0 Å². The number of aromatic amines is 1. The minimum Gasteiger partial charge on any atom is -0.323 e. The summed E-state index contributed by atoms with van der Waals surface area (Å²) in [6.07, 6.45) is 5.82. The van der Waals surface area contributed by atoms with Crippen LogP contribution in [0.15, 0.2) is 70.0 Å². The summed E-state index contributed by atoms with van der Waals surface area (Å²) in [5, 5.41) is 3.89. The zero-order chi connectivity index (χ0) is 24.6. The Labute approximate surface area is 209 Å². The Morgan fingerprint density at radius 2 is 1.86 bits per heavy atom. The van der Waals surface area contributed by atoms with E-state index in [-0.39, 0.29) is 0 Å². The van der Waals surface area contributed by atoms with E-state index in [1.54, 1.807) is 0 Å². The number of aryl methyl sites for hydroxylation is 4. The van der Waals surface area contributed by atoms with Gasteiger partial charge in [-0.3, -0.25) is 9.51 Å². The molecule has 36 heavy (non-hydrogen) atoms. The van der Waals surface area contributed by atoms with Gasteiger partial charge in [0.05, 0.1) is 11.0 Å². The lowest BCUT2D eigenvalue weighted by molar-refractivity contribution is 0.385. The van der Waals surface area contributed by atoms with E-state index >= 15 is 0 Å². The van der Waals surface area contributed by atoms with Crippen molar-refractivity contribution in [3.05, 3.63) is 116 Å². The number of H-pyrrole nitrogens is 1. The molecular formula is C30H28N4O2. The van der Waals surface area contributed by atoms with Gasteiger partial charge in [-0.2, -0.15) is 0 Å². The standard InChI is InChI=1S/C30H28N4O2/c1-3-7-28-32-29-19(2)8-6-11-26(29)34(28)18-20-12-15-24-22(16-20)14-13-21-9-4-5-10-23(21)25(24)17-27-31-30(35)36-33-27/h4-6,8-12,15-17H,3,7,13-14,18H2,1-2H3,(H,31,33,35). The monoisotopic (exact) mass is 476 g/mol. The van der Waals surface area contributed by atoms with Crippen molar-refractivity contribution in [1.82, 2.24) is 19.7 Å². The molecule has 0 spiro atoms. The zero-order valence-electron chi connectivity index (χ0n) is 20.5. The first-order valence-electron chi connectivity index (χ1n) is 12.5. The van der Waals surface area contributed by atoms with Crippen LogP contribution in [0.3, 0.4) is 0 Å². The first kappa shape index (κ1) is 22.3. The molecule has 0 unspecified atom stereocenters. The molecule has 5 aromatic rings. The summed E-state index contributed by atoms with van der Waals surface area (Å²) in [6.45, 7) is 5.11. The molecule has 2 aromatic heterocycles. The maximum Gasteiger partial charge on any atom is 0.439 e. The second kappa shape index (κ2) is 9.11. The average Bonchev–Trinajstić information content (AvgIpc) is 3.41. The highest BCUT2D eigenvalue weighted by atomic mass is 16.5. The molecule has 6 nitrogen and oxygen atoms in total. The molecule has 1 aliphatic carbocycles. The molecule has 1 N–H and O–H groups in total. The van der Waals surface area contributed by atoms with Crippen LogP contribution in [0.25, 0.3) is 22.7 Å². The van der Waals surface area contributed by atoms with Gasteiger partial charge < -0.3 is 4.57 Å². The molecule has 6 rings (SSSR count). The number of nitrogens with one attached hydrogen (secondary N) is 1. The first-order chi connectivity index (χ1) is 17.6. The molecule has 0 saturated carbocycles. The fourth-order valence-corrected chi connectivity index (χ4v) is 5.33. The van der Waals surface area contributed by atoms with Crippen molar-refractivity contribution in [2.24, 2.45) is 0 Å². The topological polar surface area (TPSA) is 76.7 Å². The molecule has 0 amide bonds. The molecule has 180 valence electrons. The van der Waals surface area contributed by atoms with E-state index in [0.717, 1.165) is 60.3 Å². The summed E-state index contributed by atoms with van der Waals surface area (Å²) >= 11 is 0. The lowest BCUT2D eigenvalue weighted by Gasteiger charge is -2.14. The minimum absolute atomic E-state index is 0.422. The van der Waals surface area contributed by atoms with E-state index < -0.39 is 5.76 Å². The third-order valence-corrected chi connectivity index (χ3v) is 7.04. The van der Waals surface area contributed by atoms with Crippen LogP contribution in [0.4, 0.5) is 0 Å². The van der Waals surface area contributed by atoms with Crippen molar-refractivity contribution < 1.29 is 4.52 Å². The van der Waals surface area contributed by atoms with Crippen LogP contribution in [0.1, 0.15) is 58.4 Å². The van der Waals surface area contributed by atoms with Gasteiger partial charge in [0.15, 0.2) is 5.82 Å². The molecule has 0 saturated heterocycles. The Hall–Kier alpha value is -4.19. The highest BCUT2D eigenvalue weighted by Crippen LogP contribution is 2.35. The van der Waals surface area contributed by atoms with Crippen LogP contribution in [0, 0.1) is 6.92 Å². The van der Waals surface area contributed by atoms with E-state index in [9.17, 15) is 4.79 Å². The van der Waals surface area contributed by atoms with Crippen molar-refractivity contribution >= 4 is 22.7 Å². The summed E-state index contributed by atoms with van der Waals surface area (Å²) < 4.78 is 7.12. The van der Waals surface area contributed by atoms with E-state index in [1.807, 2.05) is 6.08 Å². The number of aromatic nitrogens is 4. The average molecular weight is 477 g/mol. The SMILES string of the molecule is CCCc1nc2c(C)cccc2n1Cc1ccc2c(c1)CCc1ccccc1C2=Cc1noc(=O)[nH]1. The summed E-state index contributed by atoms with van der Waals surface area (Å²) in [7, 11) is 0. The molecule has 0 atom stereocenters. The van der Waals surface area contributed by atoms with E-state index in [2.05, 4.69) is 89.2 Å². The number of hydrogen-bond acceptors (Lipinski definition) is 4. The number of imidazole rings is 1. The summed E-state index contributed by atoms with van der Waals surface area (Å²) in [4.78, 5) is 19.2. The molecule has 0 radical (unpaired) electrons. The molecule has 0 bridgehead atoms. The van der Waals surface area contributed by atoms with Gasteiger partial charge in [-0.1, -0.05) is 66.7 Å². The number of rotatable bonds is 5. The molecule has 6 heteroatoms. The van der Waals surface area contributed by atoms with Crippen LogP contribution < -0.4 is 5.76 Å². The number of fused-ring (bicyclic) bond motifs is 3. The van der Waals surface area contributed by atoms with Gasteiger partial charge in [-0.05, 0) is 77.3 Å². The molecule has 0 fully saturated rings. The minimum atomic E-state index is -0.551. The Bertz CT molecular complexity index is 1670.